The molecule has 0 bridgehead atoms. The summed E-state index contributed by atoms with van der Waals surface area (Å²) in [7, 11) is 0. The summed E-state index contributed by atoms with van der Waals surface area (Å²) in [4.78, 5) is 0. The van der Waals surface area contributed by atoms with Gasteiger partial charge in [0.25, 0.3) is 0 Å². The highest BCUT2D eigenvalue weighted by Crippen LogP contribution is 2.26. The number of hydrogen-bond donors (Lipinski definition) is 1. The summed E-state index contributed by atoms with van der Waals surface area (Å²) in [5.74, 6) is 0.479. The quantitative estimate of drug-likeness (QED) is 0.916. The lowest BCUT2D eigenvalue weighted by Crippen LogP contribution is -2.11. The van der Waals surface area contributed by atoms with Crippen LogP contribution in [0.5, 0.6) is 5.75 Å². The molecule has 0 saturated carbocycles. The number of hydrogen-bond acceptors (Lipinski definition) is 2. The van der Waals surface area contributed by atoms with Gasteiger partial charge in [0.2, 0.25) is 0 Å². The van der Waals surface area contributed by atoms with Gasteiger partial charge in [0.15, 0.2) is 0 Å². The van der Waals surface area contributed by atoms with Crippen LogP contribution in [0.15, 0.2) is 42.5 Å². The predicted molar refractivity (Wildman–Crippen MR) is 83.8 cm³/mol. The van der Waals surface area contributed by atoms with Crippen LogP contribution >= 0.6 is 0 Å². The van der Waals surface area contributed by atoms with Crippen molar-refractivity contribution in [1.82, 2.24) is 0 Å². The van der Waals surface area contributed by atoms with Gasteiger partial charge in [0.1, 0.15) is 18.2 Å². The Kier molecular flexibility index (Phi) is 4.63. The monoisotopic (exact) mass is 287 g/mol. The lowest BCUT2D eigenvalue weighted by Gasteiger charge is -2.20. The fourth-order valence-corrected chi connectivity index (χ4v) is 2.12. The van der Waals surface area contributed by atoms with Crippen molar-refractivity contribution >= 4 is 0 Å². The lowest BCUT2D eigenvalue weighted by molar-refractivity contribution is 0.298. The first-order chi connectivity index (χ1) is 9.91. The van der Waals surface area contributed by atoms with E-state index in [1.165, 1.54) is 5.56 Å². The largest absolute Gasteiger partial charge is 0.489 e. The van der Waals surface area contributed by atoms with Gasteiger partial charge in [-0.15, -0.1) is 0 Å². The van der Waals surface area contributed by atoms with Crippen LogP contribution in [0.2, 0.25) is 0 Å². The predicted octanol–water partition coefficient (Wildman–Crippen LogP) is 4.16. The molecular weight excluding hydrogens is 265 g/mol. The number of rotatable bonds is 4. The maximum atomic E-state index is 14.1. The van der Waals surface area contributed by atoms with Gasteiger partial charge >= 0.3 is 0 Å². The molecule has 0 aliphatic carbocycles. The Hall–Kier alpha value is -1.87. The molecule has 0 radical (unpaired) electrons. The highest BCUT2D eigenvalue weighted by Gasteiger charge is 2.14. The van der Waals surface area contributed by atoms with Gasteiger partial charge in [-0.1, -0.05) is 51.1 Å². The second kappa shape index (κ2) is 6.27. The maximum absolute atomic E-state index is 14.1. The minimum absolute atomic E-state index is 0.0596. The minimum Gasteiger partial charge on any atom is -0.489 e. The molecule has 2 nitrogen and oxygen atoms in total. The highest BCUT2D eigenvalue weighted by molar-refractivity contribution is 5.33. The fraction of sp³-hybridized carbons (Fsp3) is 0.333. The van der Waals surface area contributed by atoms with Crippen LogP contribution in [0.4, 0.5) is 4.39 Å². The van der Waals surface area contributed by atoms with E-state index in [-0.39, 0.29) is 24.4 Å². The standard InChI is InChI=1S/C18H22FNO/c1-18(2,3)15-8-5-9-16(10-15)21-12-14-7-4-6-13(11-20)17(14)19/h4-10H,11-12,20H2,1-3H3. The molecule has 0 aliphatic rings. The summed E-state index contributed by atoms with van der Waals surface area (Å²) >= 11 is 0. The molecule has 0 aliphatic heterocycles. The van der Waals surface area contributed by atoms with Gasteiger partial charge in [-0.05, 0) is 23.1 Å². The van der Waals surface area contributed by atoms with E-state index < -0.39 is 0 Å². The first-order valence-electron chi connectivity index (χ1n) is 7.11. The van der Waals surface area contributed by atoms with E-state index in [9.17, 15) is 4.39 Å². The van der Waals surface area contributed by atoms with Gasteiger partial charge in [0, 0.05) is 17.7 Å². The average molecular weight is 287 g/mol. The summed E-state index contributed by atoms with van der Waals surface area (Å²) in [5, 5.41) is 0. The molecule has 2 N–H and O–H groups in total. The van der Waals surface area contributed by atoms with E-state index in [0.29, 0.717) is 11.1 Å². The molecule has 21 heavy (non-hydrogen) atoms. The van der Waals surface area contributed by atoms with Crippen LogP contribution < -0.4 is 10.5 Å². The third-order valence-electron chi connectivity index (χ3n) is 3.47. The Labute approximate surface area is 125 Å². The van der Waals surface area contributed by atoms with Crippen molar-refractivity contribution < 1.29 is 9.13 Å². The summed E-state index contributed by atoms with van der Waals surface area (Å²) < 4.78 is 19.8. The molecule has 2 rings (SSSR count). The van der Waals surface area contributed by atoms with Crippen molar-refractivity contribution in [1.29, 1.82) is 0 Å². The maximum Gasteiger partial charge on any atom is 0.134 e. The van der Waals surface area contributed by atoms with E-state index >= 15 is 0 Å². The molecule has 0 atom stereocenters. The SMILES string of the molecule is CC(C)(C)c1cccc(OCc2cccc(CN)c2F)c1. The zero-order valence-electron chi connectivity index (χ0n) is 12.8. The topological polar surface area (TPSA) is 35.2 Å². The van der Waals surface area contributed by atoms with Crippen LogP contribution in [0.3, 0.4) is 0 Å². The summed E-state index contributed by atoms with van der Waals surface area (Å²) in [6, 6.07) is 13.1. The first-order valence-corrected chi connectivity index (χ1v) is 7.11. The molecule has 3 heteroatoms. The normalized spacial score (nSPS) is 11.5. The number of ether oxygens (including phenoxy) is 1. The fourth-order valence-electron chi connectivity index (χ4n) is 2.12. The van der Waals surface area contributed by atoms with E-state index in [1.54, 1.807) is 18.2 Å². The van der Waals surface area contributed by atoms with Crippen molar-refractivity contribution in [2.24, 2.45) is 5.73 Å². The van der Waals surface area contributed by atoms with Gasteiger partial charge in [0.05, 0.1) is 0 Å². The molecule has 112 valence electrons. The molecule has 0 saturated heterocycles. The van der Waals surface area contributed by atoms with Gasteiger partial charge in [-0.3, -0.25) is 0 Å². The Morgan fingerprint density at radius 3 is 2.38 bits per heavy atom. The first kappa shape index (κ1) is 15.5. The van der Waals surface area contributed by atoms with Crippen LogP contribution in [0, 0.1) is 5.82 Å². The lowest BCUT2D eigenvalue weighted by atomic mass is 9.87. The smallest absolute Gasteiger partial charge is 0.134 e. The summed E-state index contributed by atoms with van der Waals surface area (Å²) in [5.41, 5.74) is 7.80. The van der Waals surface area contributed by atoms with Gasteiger partial charge in [-0.2, -0.15) is 0 Å². The van der Waals surface area contributed by atoms with Gasteiger partial charge < -0.3 is 10.5 Å². The molecule has 2 aromatic carbocycles. The summed E-state index contributed by atoms with van der Waals surface area (Å²) in [6.07, 6.45) is 0. The third kappa shape index (κ3) is 3.82. The van der Waals surface area contributed by atoms with E-state index in [2.05, 4.69) is 26.8 Å². The van der Waals surface area contributed by atoms with Gasteiger partial charge in [-0.25, -0.2) is 4.39 Å². The van der Waals surface area contributed by atoms with Crippen molar-refractivity contribution in [3.8, 4) is 5.75 Å². The van der Waals surface area contributed by atoms with E-state index in [4.69, 9.17) is 10.5 Å². The van der Waals surface area contributed by atoms with Crippen molar-refractivity contribution in [2.45, 2.75) is 39.3 Å². The molecule has 0 aromatic heterocycles. The second-order valence-corrected chi connectivity index (χ2v) is 6.16. The molecular formula is C18H22FNO. The molecule has 0 spiro atoms. The highest BCUT2D eigenvalue weighted by atomic mass is 19.1. The average Bonchev–Trinajstić information content (AvgIpc) is 2.45. The minimum atomic E-state index is -0.271. The number of benzene rings is 2. The molecule has 0 fully saturated rings. The van der Waals surface area contributed by atoms with Crippen molar-refractivity contribution in [3.63, 3.8) is 0 Å². The molecule has 0 heterocycles. The zero-order valence-corrected chi connectivity index (χ0v) is 12.8. The third-order valence-corrected chi connectivity index (χ3v) is 3.47. The second-order valence-electron chi connectivity index (χ2n) is 6.16. The van der Waals surface area contributed by atoms with Crippen LogP contribution in [0.25, 0.3) is 0 Å². The van der Waals surface area contributed by atoms with Crippen LogP contribution in [0.1, 0.15) is 37.5 Å². The Morgan fingerprint density at radius 2 is 1.71 bits per heavy atom. The number of nitrogens with two attached hydrogens (primary N) is 1. The van der Waals surface area contributed by atoms with Crippen LogP contribution in [-0.4, -0.2) is 0 Å². The van der Waals surface area contributed by atoms with Crippen molar-refractivity contribution in [3.05, 3.63) is 65.0 Å². The molecule has 0 unspecified atom stereocenters. The van der Waals surface area contributed by atoms with Crippen LogP contribution in [-0.2, 0) is 18.6 Å². The molecule has 0 amide bonds. The number of halogens is 1. The van der Waals surface area contributed by atoms with E-state index in [1.807, 2.05) is 18.2 Å². The summed E-state index contributed by atoms with van der Waals surface area (Å²) in [6.45, 7) is 6.84. The molecule has 2 aromatic rings. The zero-order chi connectivity index (χ0) is 15.5. The van der Waals surface area contributed by atoms with Crippen molar-refractivity contribution in [2.75, 3.05) is 0 Å². The Morgan fingerprint density at radius 1 is 1.05 bits per heavy atom. The van der Waals surface area contributed by atoms with E-state index in [0.717, 1.165) is 5.75 Å². The Bertz CT molecular complexity index is 617. The Balaban J connectivity index is 2.14.